The number of sulfonamides is 1. The van der Waals surface area contributed by atoms with Crippen LogP contribution in [0.15, 0.2) is 24.3 Å². The molecule has 1 fully saturated rings. The van der Waals surface area contributed by atoms with Crippen molar-refractivity contribution in [3.63, 3.8) is 0 Å². The highest BCUT2D eigenvalue weighted by atomic mass is 32.2. The lowest BCUT2D eigenvalue weighted by molar-refractivity contribution is 0.384. The Hall–Kier alpha value is -2.17. The predicted molar refractivity (Wildman–Crippen MR) is 104 cm³/mol. The number of nitriles is 1. The first-order chi connectivity index (χ1) is 12.4. The van der Waals surface area contributed by atoms with E-state index >= 15 is 0 Å². The van der Waals surface area contributed by atoms with Crippen LogP contribution in [0.1, 0.15) is 37.8 Å². The number of rotatable bonds is 4. The largest absolute Gasteiger partial charge is 0.353 e. The van der Waals surface area contributed by atoms with E-state index in [1.165, 1.54) is 9.87 Å². The van der Waals surface area contributed by atoms with Crippen molar-refractivity contribution in [2.45, 2.75) is 26.7 Å². The quantitative estimate of drug-likeness (QED) is 0.825. The number of hydrogen-bond acceptors (Lipinski definition) is 5. The van der Waals surface area contributed by atoms with Gasteiger partial charge < -0.3 is 4.90 Å². The van der Waals surface area contributed by atoms with Crippen LogP contribution in [0.5, 0.6) is 0 Å². The Bertz CT molecular complexity index is 955. The lowest BCUT2D eigenvalue weighted by atomic mass is 10.0. The Morgan fingerprint density at radius 3 is 2.46 bits per heavy atom. The van der Waals surface area contributed by atoms with Crippen LogP contribution in [0.4, 0.5) is 5.82 Å². The first-order valence-electron chi connectivity index (χ1n) is 8.93. The van der Waals surface area contributed by atoms with Crippen LogP contribution >= 0.6 is 0 Å². The zero-order chi connectivity index (χ0) is 18.9. The van der Waals surface area contributed by atoms with Crippen LogP contribution in [-0.4, -0.2) is 49.6 Å². The van der Waals surface area contributed by atoms with E-state index in [-0.39, 0.29) is 5.75 Å². The molecule has 6 nitrogen and oxygen atoms in total. The topological polar surface area (TPSA) is 77.3 Å². The Morgan fingerprint density at radius 2 is 1.88 bits per heavy atom. The second kappa shape index (κ2) is 7.22. The van der Waals surface area contributed by atoms with Gasteiger partial charge in [0.25, 0.3) is 0 Å². The van der Waals surface area contributed by atoms with Crippen molar-refractivity contribution < 1.29 is 8.42 Å². The van der Waals surface area contributed by atoms with Gasteiger partial charge in [0.05, 0.1) is 16.8 Å². The van der Waals surface area contributed by atoms with Crippen molar-refractivity contribution in [1.82, 2.24) is 9.29 Å². The summed E-state index contributed by atoms with van der Waals surface area (Å²) in [6.45, 7) is 7.86. The fourth-order valence-electron chi connectivity index (χ4n) is 3.23. The molecule has 1 aliphatic heterocycles. The number of nitrogens with zero attached hydrogens (tertiary/aromatic N) is 4. The normalized spacial score (nSPS) is 16.2. The van der Waals surface area contributed by atoms with Crippen LogP contribution in [0, 0.1) is 11.3 Å². The van der Waals surface area contributed by atoms with Crippen molar-refractivity contribution >= 4 is 26.7 Å². The number of piperazine rings is 1. The third-order valence-corrected chi connectivity index (χ3v) is 6.78. The lowest BCUT2D eigenvalue weighted by Gasteiger charge is -2.35. The molecule has 0 bridgehead atoms. The van der Waals surface area contributed by atoms with Gasteiger partial charge >= 0.3 is 0 Å². The summed E-state index contributed by atoms with van der Waals surface area (Å²) < 4.78 is 25.6. The van der Waals surface area contributed by atoms with Crippen LogP contribution in [-0.2, 0) is 10.0 Å². The van der Waals surface area contributed by atoms with E-state index in [0.29, 0.717) is 43.5 Å². The van der Waals surface area contributed by atoms with Gasteiger partial charge in [-0.3, -0.25) is 0 Å². The second-order valence-electron chi connectivity index (χ2n) is 6.86. The molecule has 0 unspecified atom stereocenters. The van der Waals surface area contributed by atoms with Crippen molar-refractivity contribution in [3.8, 4) is 6.07 Å². The Balaban J connectivity index is 1.91. The summed E-state index contributed by atoms with van der Waals surface area (Å²) in [5.74, 6) is 1.17. The number of aromatic nitrogens is 1. The fraction of sp³-hybridized carbons (Fsp3) is 0.474. The van der Waals surface area contributed by atoms with Crippen LogP contribution in [0.25, 0.3) is 10.9 Å². The predicted octanol–water partition coefficient (Wildman–Crippen LogP) is 2.70. The maximum absolute atomic E-state index is 12.0. The number of hydrogen-bond donors (Lipinski definition) is 0. The van der Waals surface area contributed by atoms with Gasteiger partial charge in [0.1, 0.15) is 11.9 Å². The summed E-state index contributed by atoms with van der Waals surface area (Å²) in [4.78, 5) is 6.72. The van der Waals surface area contributed by atoms with Crippen LogP contribution in [0.2, 0.25) is 0 Å². The van der Waals surface area contributed by atoms with Crippen LogP contribution < -0.4 is 4.90 Å². The van der Waals surface area contributed by atoms with Crippen molar-refractivity contribution in [2.75, 3.05) is 36.8 Å². The fourth-order valence-corrected chi connectivity index (χ4v) is 4.31. The molecule has 0 N–H and O–H groups in total. The van der Waals surface area contributed by atoms with Gasteiger partial charge in [0, 0.05) is 31.6 Å². The van der Waals surface area contributed by atoms with Gasteiger partial charge in [0.15, 0.2) is 0 Å². The average molecular weight is 372 g/mol. The van der Waals surface area contributed by atoms with Gasteiger partial charge in [-0.1, -0.05) is 19.9 Å². The van der Waals surface area contributed by atoms with Gasteiger partial charge in [-0.25, -0.2) is 13.4 Å². The number of anilines is 1. The molecule has 0 radical (unpaired) electrons. The minimum atomic E-state index is -3.17. The summed E-state index contributed by atoms with van der Waals surface area (Å²) in [7, 11) is -3.17. The summed E-state index contributed by atoms with van der Waals surface area (Å²) in [5, 5.41) is 10.5. The third kappa shape index (κ3) is 3.53. The molecular weight excluding hydrogens is 348 g/mol. The van der Waals surface area contributed by atoms with Gasteiger partial charge in [0.2, 0.25) is 10.0 Å². The highest BCUT2D eigenvalue weighted by Crippen LogP contribution is 2.27. The van der Waals surface area contributed by atoms with E-state index in [1.54, 1.807) is 6.92 Å². The van der Waals surface area contributed by atoms with E-state index in [4.69, 9.17) is 4.98 Å². The smallest absolute Gasteiger partial charge is 0.213 e. The Labute approximate surface area is 155 Å². The molecule has 7 heteroatoms. The minimum absolute atomic E-state index is 0.114. The molecule has 0 spiro atoms. The zero-order valence-electron chi connectivity index (χ0n) is 15.4. The van der Waals surface area contributed by atoms with Crippen molar-refractivity contribution in [2.24, 2.45) is 0 Å². The standard InChI is InChI=1S/C19H24N4O2S/c1-4-26(24,25)23-9-7-22(8-10-23)19-17(13-20)12-16-11-15(14(2)3)5-6-18(16)21-19/h5-6,11-12,14H,4,7-10H2,1-3H3. The molecule has 1 aliphatic rings. The van der Waals surface area contributed by atoms with Crippen molar-refractivity contribution in [3.05, 3.63) is 35.4 Å². The first-order valence-corrected chi connectivity index (χ1v) is 10.5. The molecule has 1 aromatic heterocycles. The monoisotopic (exact) mass is 372 g/mol. The summed E-state index contributed by atoms with van der Waals surface area (Å²) in [6.07, 6.45) is 0. The highest BCUT2D eigenvalue weighted by molar-refractivity contribution is 7.89. The third-order valence-electron chi connectivity index (χ3n) is 4.90. The molecule has 3 rings (SSSR count). The molecule has 0 amide bonds. The number of benzene rings is 1. The molecule has 2 aromatic rings. The molecule has 1 aromatic carbocycles. The molecular formula is C19H24N4O2S. The highest BCUT2D eigenvalue weighted by Gasteiger charge is 2.27. The molecule has 26 heavy (non-hydrogen) atoms. The summed E-state index contributed by atoms with van der Waals surface area (Å²) in [6, 6.07) is 10.3. The van der Waals surface area contributed by atoms with E-state index < -0.39 is 10.0 Å². The van der Waals surface area contributed by atoms with E-state index in [0.717, 1.165) is 10.9 Å². The van der Waals surface area contributed by atoms with E-state index in [9.17, 15) is 13.7 Å². The average Bonchev–Trinajstić information content (AvgIpc) is 2.66. The van der Waals surface area contributed by atoms with Crippen molar-refractivity contribution in [1.29, 1.82) is 5.26 Å². The SMILES string of the molecule is CCS(=O)(=O)N1CCN(c2nc3ccc(C(C)C)cc3cc2C#N)CC1. The maximum Gasteiger partial charge on any atom is 0.213 e. The molecule has 0 aliphatic carbocycles. The Kier molecular flexibility index (Phi) is 5.17. The maximum atomic E-state index is 12.0. The first kappa shape index (κ1) is 18.6. The number of pyridine rings is 1. The molecule has 2 heterocycles. The Morgan fingerprint density at radius 1 is 1.19 bits per heavy atom. The summed E-state index contributed by atoms with van der Waals surface area (Å²) in [5.41, 5.74) is 2.60. The lowest BCUT2D eigenvalue weighted by Crippen LogP contribution is -2.49. The minimum Gasteiger partial charge on any atom is -0.353 e. The molecule has 1 saturated heterocycles. The zero-order valence-corrected chi connectivity index (χ0v) is 16.3. The van der Waals surface area contributed by atoms with E-state index in [1.807, 2.05) is 17.0 Å². The van der Waals surface area contributed by atoms with Gasteiger partial charge in [-0.15, -0.1) is 0 Å². The second-order valence-corrected chi connectivity index (χ2v) is 9.12. The summed E-state index contributed by atoms with van der Waals surface area (Å²) >= 11 is 0. The van der Waals surface area contributed by atoms with Gasteiger partial charge in [-0.05, 0) is 36.6 Å². The van der Waals surface area contributed by atoms with Crippen LogP contribution in [0.3, 0.4) is 0 Å². The molecule has 0 atom stereocenters. The molecule has 0 saturated carbocycles. The molecule has 138 valence electrons. The number of fused-ring (bicyclic) bond motifs is 1. The van der Waals surface area contributed by atoms with Gasteiger partial charge in [-0.2, -0.15) is 9.57 Å². The van der Waals surface area contributed by atoms with E-state index in [2.05, 4.69) is 32.0 Å².